The number of benzene rings is 1. The Morgan fingerprint density at radius 2 is 2.00 bits per heavy atom. The average Bonchev–Trinajstić information content (AvgIpc) is 2.27. The molecule has 0 heterocycles. The first-order valence-corrected chi connectivity index (χ1v) is 6.03. The van der Waals surface area contributed by atoms with Gasteiger partial charge in [0.15, 0.2) is 0 Å². The number of esters is 1. The molecule has 2 N–H and O–H groups in total. The molecule has 18 heavy (non-hydrogen) atoms. The highest BCUT2D eigenvalue weighted by molar-refractivity contribution is 5.95. The van der Waals surface area contributed by atoms with Crippen molar-refractivity contribution in [3.8, 4) is 0 Å². The molecule has 0 radical (unpaired) electrons. The molecule has 0 amide bonds. The third-order valence-electron chi connectivity index (χ3n) is 2.28. The van der Waals surface area contributed by atoms with E-state index >= 15 is 0 Å². The Labute approximate surface area is 108 Å². The minimum atomic E-state index is -0.396. The lowest BCUT2D eigenvalue weighted by molar-refractivity contribution is -0.0149. The molecule has 0 aliphatic rings. The molecule has 0 spiro atoms. The van der Waals surface area contributed by atoms with Crippen LogP contribution >= 0.6 is 0 Å². The van der Waals surface area contributed by atoms with E-state index in [1.807, 2.05) is 26.8 Å². The first kappa shape index (κ1) is 14.5. The second-order valence-corrected chi connectivity index (χ2v) is 5.04. The fraction of sp³-hybridized carbons (Fsp3) is 0.500. The molecule has 100 valence electrons. The molecule has 4 nitrogen and oxygen atoms in total. The van der Waals surface area contributed by atoms with Gasteiger partial charge in [-0.2, -0.15) is 0 Å². The number of nitrogens with two attached hydrogens (primary N) is 1. The number of anilines is 1. The van der Waals surface area contributed by atoms with Gasteiger partial charge in [-0.25, -0.2) is 4.79 Å². The fourth-order valence-corrected chi connectivity index (χ4v) is 1.38. The fourth-order valence-electron chi connectivity index (χ4n) is 1.38. The number of hydrogen-bond donors (Lipinski definition) is 1. The molecule has 1 aromatic carbocycles. The lowest BCUT2D eigenvalue weighted by Gasteiger charge is -2.19. The van der Waals surface area contributed by atoms with Crippen LogP contribution in [0.15, 0.2) is 18.2 Å². The maximum Gasteiger partial charge on any atom is 0.340 e. The van der Waals surface area contributed by atoms with E-state index in [4.69, 9.17) is 15.2 Å². The Morgan fingerprint density at radius 1 is 1.33 bits per heavy atom. The van der Waals surface area contributed by atoms with Gasteiger partial charge in [-0.15, -0.1) is 0 Å². The zero-order valence-corrected chi connectivity index (χ0v) is 11.4. The minimum absolute atomic E-state index is 0.217. The number of carbonyl (C=O) groups excluding carboxylic acids is 1. The first-order valence-electron chi connectivity index (χ1n) is 6.03. The van der Waals surface area contributed by atoms with Crippen LogP contribution in [0, 0.1) is 0 Å². The number of rotatable bonds is 4. The second kappa shape index (κ2) is 5.87. The zero-order valence-electron chi connectivity index (χ0n) is 11.4. The van der Waals surface area contributed by atoms with Crippen LogP contribution in [-0.4, -0.2) is 18.2 Å². The van der Waals surface area contributed by atoms with E-state index in [-0.39, 0.29) is 5.60 Å². The molecular weight excluding hydrogens is 230 g/mol. The van der Waals surface area contributed by atoms with Crippen LogP contribution in [-0.2, 0) is 16.1 Å². The standard InChI is InChI=1S/C14H21NO3/c1-5-17-13(16)11-8-10(6-7-12(11)15)9-18-14(2,3)4/h6-8H,5,9,15H2,1-4H3. The van der Waals surface area contributed by atoms with Gasteiger partial charge in [0, 0.05) is 5.69 Å². The summed E-state index contributed by atoms with van der Waals surface area (Å²) >= 11 is 0. The van der Waals surface area contributed by atoms with Crippen molar-refractivity contribution in [3.05, 3.63) is 29.3 Å². The van der Waals surface area contributed by atoms with Gasteiger partial charge in [0.1, 0.15) is 0 Å². The molecule has 4 heteroatoms. The maximum atomic E-state index is 11.7. The zero-order chi connectivity index (χ0) is 13.8. The summed E-state index contributed by atoms with van der Waals surface area (Å²) in [5.41, 5.74) is 7.27. The maximum absolute atomic E-state index is 11.7. The quantitative estimate of drug-likeness (QED) is 0.660. The van der Waals surface area contributed by atoms with Crippen LogP contribution in [0.3, 0.4) is 0 Å². The minimum Gasteiger partial charge on any atom is -0.462 e. The Kier molecular flexibility index (Phi) is 4.73. The molecule has 0 unspecified atom stereocenters. The van der Waals surface area contributed by atoms with E-state index in [1.54, 1.807) is 19.1 Å². The van der Waals surface area contributed by atoms with Gasteiger partial charge in [0.25, 0.3) is 0 Å². The summed E-state index contributed by atoms with van der Waals surface area (Å²) in [6, 6.07) is 5.27. The summed E-state index contributed by atoms with van der Waals surface area (Å²) in [5, 5.41) is 0. The molecule has 0 bridgehead atoms. The highest BCUT2D eigenvalue weighted by Crippen LogP contribution is 2.18. The van der Waals surface area contributed by atoms with Gasteiger partial charge in [-0.3, -0.25) is 0 Å². The topological polar surface area (TPSA) is 61.5 Å². The van der Waals surface area contributed by atoms with Gasteiger partial charge in [-0.05, 0) is 45.4 Å². The second-order valence-electron chi connectivity index (χ2n) is 5.04. The highest BCUT2D eigenvalue weighted by atomic mass is 16.5. The van der Waals surface area contributed by atoms with Gasteiger partial charge < -0.3 is 15.2 Å². The molecule has 0 fully saturated rings. The molecule has 0 saturated carbocycles. The number of carbonyl (C=O) groups is 1. The lowest BCUT2D eigenvalue weighted by atomic mass is 10.1. The molecule has 0 aliphatic heterocycles. The van der Waals surface area contributed by atoms with Gasteiger partial charge in [0.05, 0.1) is 24.4 Å². The van der Waals surface area contributed by atoms with E-state index in [9.17, 15) is 4.79 Å². The first-order chi connectivity index (χ1) is 8.33. The summed E-state index contributed by atoms with van der Waals surface area (Å²) in [7, 11) is 0. The highest BCUT2D eigenvalue weighted by Gasteiger charge is 2.14. The number of ether oxygens (including phenoxy) is 2. The molecule has 1 rings (SSSR count). The Bertz CT molecular complexity index is 422. The van der Waals surface area contributed by atoms with Crippen molar-refractivity contribution in [2.24, 2.45) is 0 Å². The lowest BCUT2D eigenvalue weighted by Crippen LogP contribution is -2.19. The summed E-state index contributed by atoms with van der Waals surface area (Å²) in [6.07, 6.45) is 0. The van der Waals surface area contributed by atoms with Crippen LogP contribution in [0.4, 0.5) is 5.69 Å². The monoisotopic (exact) mass is 251 g/mol. The van der Waals surface area contributed by atoms with E-state index in [0.717, 1.165) is 5.56 Å². The average molecular weight is 251 g/mol. The third kappa shape index (κ3) is 4.37. The van der Waals surface area contributed by atoms with Gasteiger partial charge >= 0.3 is 5.97 Å². The predicted octanol–water partition coefficient (Wildman–Crippen LogP) is 2.76. The summed E-state index contributed by atoms with van der Waals surface area (Å²) in [5.74, 6) is -0.396. The van der Waals surface area contributed by atoms with Crippen LogP contribution in [0.1, 0.15) is 43.6 Å². The van der Waals surface area contributed by atoms with E-state index in [2.05, 4.69) is 0 Å². The molecule has 0 atom stereocenters. The summed E-state index contributed by atoms with van der Waals surface area (Å²) < 4.78 is 10.6. The van der Waals surface area contributed by atoms with Crippen molar-refractivity contribution in [1.82, 2.24) is 0 Å². The number of nitrogen functional groups attached to an aromatic ring is 1. The van der Waals surface area contributed by atoms with Crippen LogP contribution in [0.25, 0.3) is 0 Å². The van der Waals surface area contributed by atoms with Gasteiger partial charge in [-0.1, -0.05) is 6.07 Å². The Hall–Kier alpha value is -1.55. The van der Waals surface area contributed by atoms with Crippen molar-refractivity contribution >= 4 is 11.7 Å². The SMILES string of the molecule is CCOC(=O)c1cc(COC(C)(C)C)ccc1N. The van der Waals surface area contributed by atoms with Crippen molar-refractivity contribution in [2.75, 3.05) is 12.3 Å². The van der Waals surface area contributed by atoms with E-state index in [0.29, 0.717) is 24.5 Å². The Morgan fingerprint density at radius 3 is 2.56 bits per heavy atom. The van der Waals surface area contributed by atoms with Crippen LogP contribution in [0.5, 0.6) is 0 Å². The molecule has 0 aliphatic carbocycles. The predicted molar refractivity (Wildman–Crippen MR) is 71.4 cm³/mol. The molecule has 0 saturated heterocycles. The van der Waals surface area contributed by atoms with E-state index < -0.39 is 5.97 Å². The van der Waals surface area contributed by atoms with Crippen molar-refractivity contribution in [1.29, 1.82) is 0 Å². The van der Waals surface area contributed by atoms with Crippen LogP contribution < -0.4 is 5.73 Å². The smallest absolute Gasteiger partial charge is 0.340 e. The third-order valence-corrected chi connectivity index (χ3v) is 2.28. The van der Waals surface area contributed by atoms with Crippen molar-refractivity contribution in [3.63, 3.8) is 0 Å². The largest absolute Gasteiger partial charge is 0.462 e. The molecule has 0 aromatic heterocycles. The molecule has 1 aromatic rings. The van der Waals surface area contributed by atoms with Crippen LogP contribution in [0.2, 0.25) is 0 Å². The van der Waals surface area contributed by atoms with Crippen molar-refractivity contribution < 1.29 is 14.3 Å². The number of hydrogen-bond acceptors (Lipinski definition) is 4. The van der Waals surface area contributed by atoms with Gasteiger partial charge in [0.2, 0.25) is 0 Å². The summed E-state index contributed by atoms with van der Waals surface area (Å²) in [4.78, 5) is 11.7. The van der Waals surface area contributed by atoms with E-state index in [1.165, 1.54) is 0 Å². The summed E-state index contributed by atoms with van der Waals surface area (Å²) in [6.45, 7) is 8.49. The molecular formula is C14H21NO3. The Balaban J connectivity index is 2.84. The van der Waals surface area contributed by atoms with Crippen molar-refractivity contribution in [2.45, 2.75) is 39.9 Å². The normalized spacial score (nSPS) is 11.3.